The zero-order valence-corrected chi connectivity index (χ0v) is 13.4. The minimum absolute atomic E-state index is 0.0360. The Morgan fingerprint density at radius 3 is 2.75 bits per heavy atom. The molecule has 132 valence electrons. The number of hydrogen-bond donors (Lipinski definition) is 1. The number of halogens is 2. The third-order valence-electron chi connectivity index (χ3n) is 4.50. The first-order valence-corrected chi connectivity index (χ1v) is 8.30. The van der Waals surface area contributed by atoms with Crippen LogP contribution < -0.4 is 15.0 Å². The number of alkyl halides is 2. The van der Waals surface area contributed by atoms with E-state index >= 15 is 0 Å². The third kappa shape index (κ3) is 4.35. The van der Waals surface area contributed by atoms with Gasteiger partial charge in [-0.3, -0.25) is 4.79 Å². The molecule has 0 bridgehead atoms. The van der Waals surface area contributed by atoms with Crippen molar-refractivity contribution in [1.82, 2.24) is 5.32 Å². The highest BCUT2D eigenvalue weighted by Gasteiger charge is 2.27. The highest BCUT2D eigenvalue weighted by atomic mass is 19.3. The van der Waals surface area contributed by atoms with Gasteiger partial charge in [0.05, 0.1) is 12.5 Å². The minimum Gasteiger partial charge on any atom is -0.435 e. The normalized spacial score (nSPS) is 24.2. The number of piperidine rings is 1. The zero-order valence-electron chi connectivity index (χ0n) is 13.4. The van der Waals surface area contributed by atoms with Crippen LogP contribution >= 0.6 is 0 Å². The van der Waals surface area contributed by atoms with Crippen LogP contribution in [-0.2, 0) is 9.53 Å². The Bertz CT molecular complexity index is 547. The molecule has 2 aliphatic heterocycles. The highest BCUT2D eigenvalue weighted by Crippen LogP contribution is 2.24. The molecular formula is C17H22F2N2O3. The van der Waals surface area contributed by atoms with Crippen LogP contribution in [0.5, 0.6) is 5.75 Å². The molecule has 0 spiro atoms. The molecule has 1 N–H and O–H groups in total. The van der Waals surface area contributed by atoms with E-state index in [0.29, 0.717) is 19.8 Å². The van der Waals surface area contributed by atoms with Crippen molar-refractivity contribution < 1.29 is 23.0 Å². The Kier molecular flexibility index (Phi) is 5.50. The van der Waals surface area contributed by atoms with E-state index in [-0.39, 0.29) is 23.6 Å². The van der Waals surface area contributed by atoms with E-state index in [1.807, 2.05) is 0 Å². The molecular weight excluding hydrogens is 318 g/mol. The maximum absolute atomic E-state index is 12.2. The van der Waals surface area contributed by atoms with Gasteiger partial charge in [-0.1, -0.05) is 0 Å². The average molecular weight is 340 g/mol. The first-order valence-electron chi connectivity index (χ1n) is 8.30. The largest absolute Gasteiger partial charge is 0.435 e. The SMILES string of the molecule is O=C(N[C@@H]1CCCN(c2ccc(OC(F)F)cc2)C1)[C@H]1CCOC1. The van der Waals surface area contributed by atoms with Crippen molar-refractivity contribution in [2.45, 2.75) is 31.9 Å². The van der Waals surface area contributed by atoms with Crippen LogP contribution in [0, 0.1) is 5.92 Å². The van der Waals surface area contributed by atoms with Crippen LogP contribution in [0.4, 0.5) is 14.5 Å². The number of rotatable bonds is 5. The molecule has 7 heteroatoms. The summed E-state index contributed by atoms with van der Waals surface area (Å²) in [5, 5.41) is 3.11. The molecule has 0 radical (unpaired) electrons. The smallest absolute Gasteiger partial charge is 0.387 e. The van der Waals surface area contributed by atoms with Crippen molar-refractivity contribution in [3.63, 3.8) is 0 Å². The van der Waals surface area contributed by atoms with Crippen molar-refractivity contribution >= 4 is 11.6 Å². The maximum atomic E-state index is 12.2. The number of ether oxygens (including phenoxy) is 2. The molecule has 2 atom stereocenters. The van der Waals surface area contributed by atoms with Gasteiger partial charge < -0.3 is 19.7 Å². The number of amides is 1. The Morgan fingerprint density at radius 1 is 1.29 bits per heavy atom. The Labute approximate surface area is 139 Å². The molecule has 0 saturated carbocycles. The second-order valence-electron chi connectivity index (χ2n) is 6.23. The maximum Gasteiger partial charge on any atom is 0.387 e. The first-order chi connectivity index (χ1) is 11.6. The Balaban J connectivity index is 1.55. The van der Waals surface area contributed by atoms with E-state index in [4.69, 9.17) is 4.74 Å². The van der Waals surface area contributed by atoms with Gasteiger partial charge in [0.25, 0.3) is 0 Å². The van der Waals surface area contributed by atoms with Gasteiger partial charge >= 0.3 is 6.61 Å². The van der Waals surface area contributed by atoms with Crippen LogP contribution in [0.3, 0.4) is 0 Å². The van der Waals surface area contributed by atoms with Crippen LogP contribution in [0.2, 0.25) is 0 Å². The number of carbonyl (C=O) groups is 1. The molecule has 0 unspecified atom stereocenters. The summed E-state index contributed by atoms with van der Waals surface area (Å²) in [4.78, 5) is 14.4. The van der Waals surface area contributed by atoms with E-state index in [1.54, 1.807) is 24.3 Å². The highest BCUT2D eigenvalue weighted by molar-refractivity contribution is 5.79. The molecule has 5 nitrogen and oxygen atoms in total. The molecule has 0 aromatic heterocycles. The summed E-state index contributed by atoms with van der Waals surface area (Å²) in [5.74, 6) is 0.183. The number of benzene rings is 1. The van der Waals surface area contributed by atoms with E-state index in [2.05, 4.69) is 15.0 Å². The zero-order chi connectivity index (χ0) is 16.9. The molecule has 0 aliphatic carbocycles. The van der Waals surface area contributed by atoms with E-state index < -0.39 is 6.61 Å². The second-order valence-corrected chi connectivity index (χ2v) is 6.23. The average Bonchev–Trinajstić information content (AvgIpc) is 3.10. The van der Waals surface area contributed by atoms with Gasteiger partial charge in [-0.2, -0.15) is 8.78 Å². The summed E-state index contributed by atoms with van der Waals surface area (Å²) >= 11 is 0. The number of carbonyl (C=O) groups excluding carboxylic acids is 1. The first kappa shape index (κ1) is 17.0. The number of nitrogens with one attached hydrogen (secondary N) is 1. The summed E-state index contributed by atoms with van der Waals surface area (Å²) < 4.78 is 34.0. The van der Waals surface area contributed by atoms with E-state index in [0.717, 1.165) is 31.5 Å². The lowest BCUT2D eigenvalue weighted by atomic mass is 10.0. The van der Waals surface area contributed by atoms with Crippen LogP contribution in [0.25, 0.3) is 0 Å². The van der Waals surface area contributed by atoms with E-state index in [1.165, 1.54) is 0 Å². The van der Waals surface area contributed by atoms with Crippen molar-refractivity contribution in [3.8, 4) is 5.75 Å². The van der Waals surface area contributed by atoms with Crippen molar-refractivity contribution in [3.05, 3.63) is 24.3 Å². The van der Waals surface area contributed by atoms with Gasteiger partial charge in [-0.25, -0.2) is 0 Å². The number of hydrogen-bond acceptors (Lipinski definition) is 4. The Morgan fingerprint density at radius 2 is 2.08 bits per heavy atom. The fourth-order valence-corrected chi connectivity index (χ4v) is 3.23. The fourth-order valence-electron chi connectivity index (χ4n) is 3.23. The predicted octanol–water partition coefficient (Wildman–Crippen LogP) is 2.41. The summed E-state index contributed by atoms with van der Waals surface area (Å²) in [7, 11) is 0. The van der Waals surface area contributed by atoms with Gasteiger partial charge in [-0.05, 0) is 43.5 Å². The van der Waals surface area contributed by atoms with Crippen molar-refractivity contribution in [2.75, 3.05) is 31.2 Å². The van der Waals surface area contributed by atoms with E-state index in [9.17, 15) is 13.6 Å². The van der Waals surface area contributed by atoms with Crippen LogP contribution in [0.1, 0.15) is 19.3 Å². The summed E-state index contributed by atoms with van der Waals surface area (Å²) in [5.41, 5.74) is 0.944. The van der Waals surface area contributed by atoms with Gasteiger partial charge in [0.2, 0.25) is 5.91 Å². The van der Waals surface area contributed by atoms with Crippen LogP contribution in [0.15, 0.2) is 24.3 Å². The summed E-state index contributed by atoms with van der Waals surface area (Å²) in [6.45, 7) is -0.0528. The molecule has 2 heterocycles. The second kappa shape index (κ2) is 7.79. The summed E-state index contributed by atoms with van der Waals surface area (Å²) in [6.07, 6.45) is 2.71. The predicted molar refractivity (Wildman–Crippen MR) is 85.4 cm³/mol. The van der Waals surface area contributed by atoms with Gasteiger partial charge in [-0.15, -0.1) is 0 Å². The standard InChI is InChI=1S/C17H22F2N2O3/c18-17(19)24-15-5-3-14(4-6-15)21-8-1-2-13(10-21)20-16(22)12-7-9-23-11-12/h3-6,12-13,17H,1-2,7-11H2,(H,20,22)/t12-,13+/m0/s1. The minimum atomic E-state index is -2.81. The summed E-state index contributed by atoms with van der Waals surface area (Å²) in [6, 6.07) is 6.72. The fraction of sp³-hybridized carbons (Fsp3) is 0.588. The molecule has 1 aromatic carbocycles. The van der Waals surface area contributed by atoms with Gasteiger partial charge in [0.15, 0.2) is 0 Å². The van der Waals surface area contributed by atoms with Crippen molar-refractivity contribution in [1.29, 1.82) is 0 Å². The molecule has 1 aromatic rings. The molecule has 2 fully saturated rings. The Hall–Kier alpha value is -1.89. The molecule has 3 rings (SSSR count). The lowest BCUT2D eigenvalue weighted by molar-refractivity contribution is -0.125. The monoisotopic (exact) mass is 340 g/mol. The van der Waals surface area contributed by atoms with Crippen LogP contribution in [-0.4, -0.2) is 44.9 Å². The van der Waals surface area contributed by atoms with Crippen molar-refractivity contribution in [2.24, 2.45) is 5.92 Å². The lowest BCUT2D eigenvalue weighted by Crippen LogP contribution is -2.49. The third-order valence-corrected chi connectivity index (χ3v) is 4.50. The van der Waals surface area contributed by atoms with Gasteiger partial charge in [0, 0.05) is 31.4 Å². The molecule has 24 heavy (non-hydrogen) atoms. The molecule has 2 aliphatic rings. The lowest BCUT2D eigenvalue weighted by Gasteiger charge is -2.35. The quantitative estimate of drug-likeness (QED) is 0.894. The number of anilines is 1. The topological polar surface area (TPSA) is 50.8 Å². The molecule has 2 saturated heterocycles. The molecule has 1 amide bonds. The number of nitrogens with zero attached hydrogens (tertiary/aromatic N) is 1. The van der Waals surface area contributed by atoms with Gasteiger partial charge in [0.1, 0.15) is 5.75 Å².